The number of carbonyl (C=O) groups is 1. The first-order valence-corrected chi connectivity index (χ1v) is 5.84. The summed E-state index contributed by atoms with van der Waals surface area (Å²) in [7, 11) is 0. The molecular weight excluding hydrogens is 322 g/mol. The maximum Gasteiger partial charge on any atom is 0.260 e. The first-order chi connectivity index (χ1) is 8.61. The molecule has 18 heavy (non-hydrogen) atoms. The van der Waals surface area contributed by atoms with Gasteiger partial charge in [0.1, 0.15) is 22.6 Å². The second-order valence-corrected chi connectivity index (χ2v) is 4.49. The Morgan fingerprint density at radius 1 is 1.56 bits per heavy atom. The summed E-state index contributed by atoms with van der Waals surface area (Å²) in [4.78, 5) is 15.8. The van der Waals surface area contributed by atoms with Gasteiger partial charge in [0.05, 0.1) is 11.8 Å². The van der Waals surface area contributed by atoms with Gasteiger partial charge in [-0.25, -0.2) is 4.98 Å². The van der Waals surface area contributed by atoms with E-state index in [0.717, 1.165) is 0 Å². The molecule has 2 aromatic heterocycles. The number of carbonyl (C=O) groups excluding carboxylic acids is 1. The summed E-state index contributed by atoms with van der Waals surface area (Å²) in [6.45, 7) is 0. The molecule has 90 valence electrons. The van der Waals surface area contributed by atoms with Crippen LogP contribution in [0.2, 0.25) is 5.15 Å². The van der Waals surface area contributed by atoms with Gasteiger partial charge in [0.25, 0.3) is 5.91 Å². The van der Waals surface area contributed by atoms with Crippen molar-refractivity contribution in [3.63, 3.8) is 0 Å². The number of nitriles is 1. The summed E-state index contributed by atoms with van der Waals surface area (Å²) in [5.74, 6) is -0.256. The molecule has 0 radical (unpaired) electrons. The van der Waals surface area contributed by atoms with Gasteiger partial charge in [0, 0.05) is 10.7 Å². The van der Waals surface area contributed by atoms with Crippen molar-refractivity contribution in [1.29, 1.82) is 5.26 Å². The largest absolute Gasteiger partial charge is 0.306 e. The van der Waals surface area contributed by atoms with E-state index in [1.54, 1.807) is 0 Å². The third-order valence-corrected chi connectivity index (χ3v) is 2.78. The number of amides is 1. The third-order valence-electron chi connectivity index (χ3n) is 2.05. The lowest BCUT2D eigenvalue weighted by Gasteiger charge is -2.04. The number of anilines is 1. The molecule has 1 amide bonds. The predicted octanol–water partition coefficient (Wildman–Crippen LogP) is 2.34. The lowest BCUT2D eigenvalue weighted by atomic mass is 10.2. The van der Waals surface area contributed by atoms with Crippen molar-refractivity contribution in [2.45, 2.75) is 0 Å². The number of nitrogens with one attached hydrogen (secondary N) is 2. The van der Waals surface area contributed by atoms with Gasteiger partial charge in [0.15, 0.2) is 0 Å². The first kappa shape index (κ1) is 12.5. The fourth-order valence-corrected chi connectivity index (χ4v) is 1.75. The fraction of sp³-hybridized carbons (Fsp3) is 0. The van der Waals surface area contributed by atoms with Gasteiger partial charge in [-0.2, -0.15) is 10.4 Å². The van der Waals surface area contributed by atoms with Crippen LogP contribution in [0.5, 0.6) is 0 Å². The molecule has 2 N–H and O–H groups in total. The molecule has 2 heterocycles. The molecule has 6 nitrogen and oxygen atoms in total. The van der Waals surface area contributed by atoms with Gasteiger partial charge in [-0.05, 0) is 22.0 Å². The summed E-state index contributed by atoms with van der Waals surface area (Å²) in [5.41, 5.74) is 0.437. The minimum atomic E-state index is -0.477. The van der Waals surface area contributed by atoms with Gasteiger partial charge in [-0.15, -0.1) is 0 Å². The van der Waals surface area contributed by atoms with Crippen molar-refractivity contribution < 1.29 is 4.79 Å². The zero-order valence-corrected chi connectivity index (χ0v) is 11.1. The molecule has 0 saturated carbocycles. The van der Waals surface area contributed by atoms with Gasteiger partial charge in [-0.1, -0.05) is 11.6 Å². The van der Waals surface area contributed by atoms with Crippen LogP contribution in [-0.4, -0.2) is 21.1 Å². The molecule has 0 aromatic carbocycles. The number of hydrogen-bond donors (Lipinski definition) is 2. The number of hydrogen-bond acceptors (Lipinski definition) is 4. The predicted molar refractivity (Wildman–Crippen MR) is 68.2 cm³/mol. The third kappa shape index (κ3) is 2.50. The van der Waals surface area contributed by atoms with E-state index in [0.29, 0.717) is 4.47 Å². The number of halogens is 2. The van der Waals surface area contributed by atoms with Crippen LogP contribution in [0.3, 0.4) is 0 Å². The Morgan fingerprint density at radius 2 is 2.33 bits per heavy atom. The first-order valence-electron chi connectivity index (χ1n) is 4.67. The maximum atomic E-state index is 11.9. The van der Waals surface area contributed by atoms with E-state index in [1.807, 2.05) is 6.07 Å². The fourth-order valence-electron chi connectivity index (χ4n) is 1.23. The average Bonchev–Trinajstić information content (AvgIpc) is 2.79. The van der Waals surface area contributed by atoms with E-state index >= 15 is 0 Å². The van der Waals surface area contributed by atoms with Gasteiger partial charge < -0.3 is 5.32 Å². The number of nitrogens with zero attached hydrogens (tertiary/aromatic N) is 3. The minimum Gasteiger partial charge on any atom is -0.306 e. The van der Waals surface area contributed by atoms with Crippen molar-refractivity contribution >= 4 is 39.3 Å². The summed E-state index contributed by atoms with van der Waals surface area (Å²) < 4.78 is 0.627. The normalized spacial score (nSPS) is 9.83. The SMILES string of the molecule is N#Cc1cn[nH]c1NC(=O)c1cc(Br)cnc1Cl. The molecule has 0 aliphatic heterocycles. The summed E-state index contributed by atoms with van der Waals surface area (Å²) in [5, 5.41) is 17.5. The monoisotopic (exact) mass is 325 g/mol. The molecule has 2 rings (SSSR count). The standard InChI is InChI=1S/C10H5BrClN5O/c11-6-1-7(8(12)14-4-6)10(18)16-9-5(2-13)3-15-17-9/h1,3-4H,(H2,15,16,17,18). The molecule has 0 saturated heterocycles. The Hall–Kier alpha value is -1.91. The highest BCUT2D eigenvalue weighted by molar-refractivity contribution is 9.10. The summed E-state index contributed by atoms with van der Waals surface area (Å²) >= 11 is 9.02. The van der Waals surface area contributed by atoms with Crippen LogP contribution < -0.4 is 5.32 Å². The highest BCUT2D eigenvalue weighted by Gasteiger charge is 2.14. The van der Waals surface area contributed by atoms with Crippen LogP contribution in [0.25, 0.3) is 0 Å². The van der Waals surface area contributed by atoms with Crippen molar-refractivity contribution in [3.8, 4) is 6.07 Å². The maximum absolute atomic E-state index is 11.9. The Bertz CT molecular complexity index is 648. The Labute approximate surface area is 115 Å². The smallest absolute Gasteiger partial charge is 0.260 e. The number of rotatable bonds is 2. The molecule has 2 aromatic rings. The second-order valence-electron chi connectivity index (χ2n) is 3.22. The van der Waals surface area contributed by atoms with E-state index in [9.17, 15) is 4.79 Å². The minimum absolute atomic E-state index is 0.0775. The zero-order chi connectivity index (χ0) is 13.1. The van der Waals surface area contributed by atoms with Crippen molar-refractivity contribution in [1.82, 2.24) is 15.2 Å². The quantitative estimate of drug-likeness (QED) is 0.828. The Balaban J connectivity index is 2.28. The van der Waals surface area contributed by atoms with Crippen LogP contribution in [0.1, 0.15) is 15.9 Å². The van der Waals surface area contributed by atoms with Crippen LogP contribution in [0, 0.1) is 11.3 Å². The Kier molecular flexibility index (Phi) is 3.60. The van der Waals surface area contributed by atoms with Crippen LogP contribution in [-0.2, 0) is 0 Å². The average molecular weight is 327 g/mol. The van der Waals surface area contributed by atoms with Crippen LogP contribution in [0.15, 0.2) is 22.9 Å². The molecule has 0 aliphatic carbocycles. The zero-order valence-electron chi connectivity index (χ0n) is 8.74. The number of H-pyrrole nitrogens is 1. The number of aromatic nitrogens is 3. The van der Waals surface area contributed by atoms with Crippen LogP contribution in [0.4, 0.5) is 5.82 Å². The van der Waals surface area contributed by atoms with Gasteiger partial charge in [-0.3, -0.25) is 9.89 Å². The summed E-state index contributed by atoms with van der Waals surface area (Å²) in [6.07, 6.45) is 2.80. The lowest BCUT2D eigenvalue weighted by Crippen LogP contribution is -2.14. The molecule has 0 bridgehead atoms. The molecule has 0 spiro atoms. The topological polar surface area (TPSA) is 94.5 Å². The summed E-state index contributed by atoms with van der Waals surface area (Å²) in [6, 6.07) is 3.43. The van der Waals surface area contributed by atoms with Gasteiger partial charge >= 0.3 is 0 Å². The molecule has 0 unspecified atom stereocenters. The van der Waals surface area contributed by atoms with Crippen LogP contribution >= 0.6 is 27.5 Å². The van der Waals surface area contributed by atoms with E-state index < -0.39 is 5.91 Å². The van der Waals surface area contributed by atoms with Gasteiger partial charge in [0.2, 0.25) is 0 Å². The number of pyridine rings is 1. The highest BCUT2D eigenvalue weighted by atomic mass is 79.9. The lowest BCUT2D eigenvalue weighted by molar-refractivity contribution is 0.102. The van der Waals surface area contributed by atoms with E-state index in [-0.39, 0.29) is 22.1 Å². The molecular formula is C10H5BrClN5O. The molecule has 0 aliphatic rings. The number of aromatic amines is 1. The van der Waals surface area contributed by atoms with Crippen molar-refractivity contribution in [2.24, 2.45) is 0 Å². The molecule has 0 fully saturated rings. The highest BCUT2D eigenvalue weighted by Crippen LogP contribution is 2.19. The second kappa shape index (κ2) is 5.16. The molecule has 0 atom stereocenters. The van der Waals surface area contributed by atoms with E-state index in [1.165, 1.54) is 18.5 Å². The van der Waals surface area contributed by atoms with Crippen molar-refractivity contribution in [2.75, 3.05) is 5.32 Å². The van der Waals surface area contributed by atoms with E-state index in [2.05, 4.69) is 36.4 Å². The Morgan fingerprint density at radius 3 is 3.06 bits per heavy atom. The van der Waals surface area contributed by atoms with E-state index in [4.69, 9.17) is 16.9 Å². The molecule has 8 heteroatoms. The van der Waals surface area contributed by atoms with Crippen molar-refractivity contribution in [3.05, 3.63) is 39.2 Å².